The van der Waals surface area contributed by atoms with Gasteiger partial charge in [0.05, 0.1) is 5.69 Å². The number of hydrogen-bond acceptors (Lipinski definition) is 4. The second-order valence-corrected chi connectivity index (χ2v) is 8.94. The molecule has 1 N–H and O–H groups in total. The Labute approximate surface area is 182 Å². The summed E-state index contributed by atoms with van der Waals surface area (Å²) in [5.74, 6) is -0.0365. The molecular formula is C25H27N3OS. The molecule has 2 aromatic carbocycles. The van der Waals surface area contributed by atoms with Crippen molar-refractivity contribution in [3.05, 3.63) is 82.2 Å². The van der Waals surface area contributed by atoms with Gasteiger partial charge in [-0.3, -0.25) is 9.69 Å². The van der Waals surface area contributed by atoms with Crippen molar-refractivity contribution >= 4 is 23.3 Å². The molecule has 0 radical (unpaired) electrons. The molecule has 1 aliphatic rings. The van der Waals surface area contributed by atoms with Gasteiger partial charge in [0.2, 0.25) is 5.91 Å². The fourth-order valence-electron chi connectivity index (χ4n) is 3.83. The predicted octanol–water partition coefficient (Wildman–Crippen LogP) is 4.91. The van der Waals surface area contributed by atoms with Crippen LogP contribution in [0.3, 0.4) is 0 Å². The number of rotatable bonds is 6. The van der Waals surface area contributed by atoms with Crippen LogP contribution in [0.1, 0.15) is 28.3 Å². The zero-order valence-corrected chi connectivity index (χ0v) is 18.1. The summed E-state index contributed by atoms with van der Waals surface area (Å²) in [5.41, 5.74) is 3.44. The van der Waals surface area contributed by atoms with Crippen LogP contribution >= 0.6 is 11.3 Å². The molecule has 0 saturated carbocycles. The molecule has 1 aliphatic heterocycles. The Kier molecular flexibility index (Phi) is 6.72. The molecule has 154 valence electrons. The lowest BCUT2D eigenvalue weighted by atomic mass is 10.0. The highest BCUT2D eigenvalue weighted by Crippen LogP contribution is 2.27. The fourth-order valence-corrected chi connectivity index (χ4v) is 4.67. The Hall–Kier alpha value is -2.76. The summed E-state index contributed by atoms with van der Waals surface area (Å²) in [7, 11) is 0. The van der Waals surface area contributed by atoms with Crippen LogP contribution in [-0.4, -0.2) is 34.9 Å². The van der Waals surface area contributed by atoms with E-state index in [1.807, 2.05) is 30.3 Å². The molecule has 3 aromatic rings. The molecule has 0 spiro atoms. The summed E-state index contributed by atoms with van der Waals surface area (Å²) in [6.07, 6.45) is 5.41. The van der Waals surface area contributed by atoms with Crippen molar-refractivity contribution < 1.29 is 4.79 Å². The molecule has 4 nitrogen and oxygen atoms in total. The molecule has 0 unspecified atom stereocenters. The first-order valence-electron chi connectivity index (χ1n) is 10.4. The van der Waals surface area contributed by atoms with Crippen molar-refractivity contribution in [2.45, 2.75) is 32.4 Å². The highest BCUT2D eigenvalue weighted by Gasteiger charge is 2.20. The van der Waals surface area contributed by atoms with Crippen LogP contribution in [-0.2, 0) is 11.3 Å². The number of amides is 1. The number of benzene rings is 2. The number of carbonyl (C=O) groups is 1. The summed E-state index contributed by atoms with van der Waals surface area (Å²) in [6.45, 7) is 5.07. The summed E-state index contributed by atoms with van der Waals surface area (Å²) < 4.78 is 0. The third-order valence-corrected chi connectivity index (χ3v) is 6.36. The summed E-state index contributed by atoms with van der Waals surface area (Å²) >= 11 is 1.61. The molecule has 5 heteroatoms. The Balaban J connectivity index is 1.27. The summed E-state index contributed by atoms with van der Waals surface area (Å²) in [6, 6.07) is 21.0. The molecule has 1 fully saturated rings. The fraction of sp³-hybridized carbons (Fsp3) is 0.280. The molecule has 30 heavy (non-hydrogen) atoms. The van der Waals surface area contributed by atoms with Gasteiger partial charge in [-0.2, -0.15) is 0 Å². The lowest BCUT2D eigenvalue weighted by Gasteiger charge is -2.32. The van der Waals surface area contributed by atoms with Crippen molar-refractivity contribution in [1.82, 2.24) is 15.2 Å². The van der Waals surface area contributed by atoms with Crippen molar-refractivity contribution in [3.63, 3.8) is 0 Å². The van der Waals surface area contributed by atoms with E-state index in [-0.39, 0.29) is 11.9 Å². The van der Waals surface area contributed by atoms with E-state index in [9.17, 15) is 4.79 Å². The Morgan fingerprint density at radius 2 is 1.77 bits per heavy atom. The van der Waals surface area contributed by atoms with Crippen LogP contribution in [0.25, 0.3) is 17.3 Å². The van der Waals surface area contributed by atoms with E-state index >= 15 is 0 Å². The van der Waals surface area contributed by atoms with Crippen molar-refractivity contribution in [3.8, 4) is 11.3 Å². The van der Waals surface area contributed by atoms with E-state index in [0.717, 1.165) is 53.6 Å². The maximum absolute atomic E-state index is 12.4. The van der Waals surface area contributed by atoms with Gasteiger partial charge in [-0.25, -0.2) is 4.98 Å². The van der Waals surface area contributed by atoms with Crippen molar-refractivity contribution in [1.29, 1.82) is 0 Å². The number of aryl methyl sites for hydroxylation is 1. The Bertz CT molecular complexity index is 990. The van der Waals surface area contributed by atoms with Gasteiger partial charge in [0, 0.05) is 42.2 Å². The third-order valence-electron chi connectivity index (χ3n) is 5.42. The first-order chi connectivity index (χ1) is 14.7. The van der Waals surface area contributed by atoms with Crippen LogP contribution in [0.4, 0.5) is 0 Å². The van der Waals surface area contributed by atoms with Gasteiger partial charge in [-0.05, 0) is 31.4 Å². The van der Waals surface area contributed by atoms with E-state index in [2.05, 4.69) is 53.5 Å². The molecule has 1 amide bonds. The standard InChI is InChI=1S/C25H27N3OS/c1-19-25(21-10-6-3-7-11-21)27-24(30-19)13-12-23(29)26-22-14-16-28(17-15-22)18-20-8-4-2-5-9-20/h2-13,22H,14-18H2,1H3,(H,26,29)/b13-12+. The zero-order chi connectivity index (χ0) is 20.8. The van der Waals surface area contributed by atoms with Crippen LogP contribution < -0.4 is 5.32 Å². The highest BCUT2D eigenvalue weighted by atomic mass is 32.1. The van der Waals surface area contributed by atoms with Crippen LogP contribution in [0.2, 0.25) is 0 Å². The van der Waals surface area contributed by atoms with E-state index in [1.165, 1.54) is 5.56 Å². The van der Waals surface area contributed by atoms with E-state index in [0.29, 0.717) is 0 Å². The largest absolute Gasteiger partial charge is 0.350 e. The molecule has 0 atom stereocenters. The monoisotopic (exact) mass is 417 g/mol. The summed E-state index contributed by atoms with van der Waals surface area (Å²) in [5, 5.41) is 4.01. The minimum Gasteiger partial charge on any atom is -0.350 e. The molecular weight excluding hydrogens is 390 g/mol. The molecule has 0 aliphatic carbocycles. The van der Waals surface area contributed by atoms with Gasteiger partial charge >= 0.3 is 0 Å². The first kappa shape index (κ1) is 20.5. The number of nitrogens with zero attached hydrogens (tertiary/aromatic N) is 2. The maximum atomic E-state index is 12.4. The Morgan fingerprint density at radius 3 is 2.47 bits per heavy atom. The minimum absolute atomic E-state index is 0.0365. The van der Waals surface area contributed by atoms with E-state index in [1.54, 1.807) is 17.4 Å². The van der Waals surface area contributed by atoms with Gasteiger partial charge in [0.25, 0.3) is 0 Å². The molecule has 1 saturated heterocycles. The highest BCUT2D eigenvalue weighted by molar-refractivity contribution is 7.12. The maximum Gasteiger partial charge on any atom is 0.244 e. The molecule has 0 bridgehead atoms. The van der Waals surface area contributed by atoms with E-state index in [4.69, 9.17) is 4.98 Å². The van der Waals surface area contributed by atoms with Gasteiger partial charge in [0.1, 0.15) is 5.01 Å². The second-order valence-electron chi connectivity index (χ2n) is 7.70. The number of nitrogens with one attached hydrogen (secondary N) is 1. The van der Waals surface area contributed by atoms with Gasteiger partial charge < -0.3 is 5.32 Å². The SMILES string of the molecule is Cc1sc(/C=C/C(=O)NC2CCN(Cc3ccccc3)CC2)nc1-c1ccccc1. The van der Waals surface area contributed by atoms with Crippen molar-refractivity contribution in [2.24, 2.45) is 0 Å². The van der Waals surface area contributed by atoms with Crippen LogP contribution in [0.5, 0.6) is 0 Å². The predicted molar refractivity (Wildman–Crippen MR) is 124 cm³/mol. The van der Waals surface area contributed by atoms with Gasteiger partial charge in [-0.1, -0.05) is 60.7 Å². The normalized spacial score (nSPS) is 15.5. The minimum atomic E-state index is -0.0365. The second kappa shape index (κ2) is 9.83. The van der Waals surface area contributed by atoms with Crippen molar-refractivity contribution in [2.75, 3.05) is 13.1 Å². The van der Waals surface area contributed by atoms with Gasteiger partial charge in [-0.15, -0.1) is 11.3 Å². The quantitative estimate of drug-likeness (QED) is 0.580. The van der Waals surface area contributed by atoms with E-state index < -0.39 is 0 Å². The number of thiazole rings is 1. The number of likely N-dealkylation sites (tertiary alicyclic amines) is 1. The average Bonchev–Trinajstić information content (AvgIpc) is 3.16. The van der Waals surface area contributed by atoms with Crippen LogP contribution in [0.15, 0.2) is 66.7 Å². The Morgan fingerprint density at radius 1 is 1.10 bits per heavy atom. The average molecular weight is 418 g/mol. The topological polar surface area (TPSA) is 45.2 Å². The lowest BCUT2D eigenvalue weighted by molar-refractivity contribution is -0.117. The lowest BCUT2D eigenvalue weighted by Crippen LogP contribution is -2.43. The first-order valence-corrected chi connectivity index (χ1v) is 11.3. The number of hydrogen-bond donors (Lipinski definition) is 1. The smallest absolute Gasteiger partial charge is 0.244 e. The molecule has 2 heterocycles. The zero-order valence-electron chi connectivity index (χ0n) is 17.3. The molecule has 1 aromatic heterocycles. The van der Waals surface area contributed by atoms with Gasteiger partial charge in [0.15, 0.2) is 0 Å². The number of aromatic nitrogens is 1. The summed E-state index contributed by atoms with van der Waals surface area (Å²) in [4.78, 5) is 20.7. The number of piperidine rings is 1. The number of carbonyl (C=O) groups excluding carboxylic acids is 1. The third kappa shape index (κ3) is 5.43. The molecule has 4 rings (SSSR count). The van der Waals surface area contributed by atoms with Crippen LogP contribution in [0, 0.1) is 6.92 Å².